The van der Waals surface area contributed by atoms with Gasteiger partial charge in [0.05, 0.1) is 18.8 Å². The molecule has 0 spiro atoms. The maximum atomic E-state index is 13.4. The van der Waals surface area contributed by atoms with Crippen molar-refractivity contribution in [1.82, 2.24) is 4.98 Å². The van der Waals surface area contributed by atoms with Crippen LogP contribution in [0.2, 0.25) is 0 Å². The van der Waals surface area contributed by atoms with Crippen LogP contribution in [-0.4, -0.2) is 52.7 Å². The SMILES string of the molecule is COC(=O)CCCCC(=O)c1c(CC(O)COc2ccc(-c3ccccc3)cc2)[nH]c2ccc(C(=O)O)c(C)c12. The van der Waals surface area contributed by atoms with Crippen LogP contribution in [0.15, 0.2) is 66.7 Å². The minimum atomic E-state index is -1.08. The van der Waals surface area contributed by atoms with Gasteiger partial charge in [0.15, 0.2) is 5.78 Å². The Hall–Kier alpha value is -4.43. The smallest absolute Gasteiger partial charge is 0.335 e. The number of nitrogens with one attached hydrogen (secondary N) is 1. The van der Waals surface area contributed by atoms with Gasteiger partial charge in [-0.3, -0.25) is 9.59 Å². The first-order chi connectivity index (χ1) is 19.3. The first kappa shape index (κ1) is 28.6. The number of carbonyl (C=O) groups excluding carboxylic acids is 2. The van der Waals surface area contributed by atoms with Crippen molar-refractivity contribution in [3.05, 3.63) is 89.1 Å². The number of esters is 1. The molecule has 0 fully saturated rings. The number of benzene rings is 3. The number of aromatic amines is 1. The molecule has 1 unspecified atom stereocenters. The molecule has 0 aliphatic rings. The Labute approximate surface area is 232 Å². The third-order valence-electron chi connectivity index (χ3n) is 6.92. The molecule has 0 saturated carbocycles. The van der Waals surface area contributed by atoms with Crippen molar-refractivity contribution < 1.29 is 34.1 Å². The highest BCUT2D eigenvalue weighted by molar-refractivity contribution is 6.12. The maximum Gasteiger partial charge on any atom is 0.335 e. The van der Waals surface area contributed by atoms with E-state index in [1.54, 1.807) is 13.0 Å². The van der Waals surface area contributed by atoms with E-state index in [9.17, 15) is 24.6 Å². The summed E-state index contributed by atoms with van der Waals surface area (Å²) in [5.41, 5.74) is 4.26. The third-order valence-corrected chi connectivity index (χ3v) is 6.92. The van der Waals surface area contributed by atoms with Crippen LogP contribution >= 0.6 is 0 Å². The number of carboxylic acid groups (broad SMARTS) is 1. The quantitative estimate of drug-likeness (QED) is 0.112. The molecule has 4 aromatic rings. The summed E-state index contributed by atoms with van der Waals surface area (Å²) in [6.07, 6.45) is 0.550. The number of aliphatic hydroxyl groups is 1. The standard InChI is InChI=1S/C32H33NO7/c1-20-25(32(37)38)16-17-26-30(20)31(28(35)10-6-7-11-29(36)39-2)27(33-26)18-23(34)19-40-24-14-12-22(13-15-24)21-8-4-3-5-9-21/h3-5,8-9,12-17,23,33-34H,6-7,10-11,18-19H2,1-2H3,(H,37,38). The zero-order valence-corrected chi connectivity index (χ0v) is 22.6. The number of hydrogen-bond acceptors (Lipinski definition) is 6. The lowest BCUT2D eigenvalue weighted by Crippen LogP contribution is -2.21. The Morgan fingerprint density at radius 1 is 0.900 bits per heavy atom. The molecule has 0 aliphatic heterocycles. The number of aryl methyl sites for hydroxylation is 1. The van der Waals surface area contributed by atoms with Gasteiger partial charge in [-0.05, 0) is 60.7 Å². The number of H-pyrrole nitrogens is 1. The fourth-order valence-electron chi connectivity index (χ4n) is 4.85. The van der Waals surface area contributed by atoms with Crippen LogP contribution in [0.1, 0.15) is 57.7 Å². The van der Waals surface area contributed by atoms with Gasteiger partial charge in [-0.1, -0.05) is 42.5 Å². The molecule has 0 amide bonds. The third kappa shape index (κ3) is 6.76. The Balaban J connectivity index is 1.50. The average molecular weight is 544 g/mol. The first-order valence-corrected chi connectivity index (χ1v) is 13.2. The van der Waals surface area contributed by atoms with Gasteiger partial charge in [0, 0.05) is 41.4 Å². The minimum Gasteiger partial charge on any atom is -0.491 e. The van der Waals surface area contributed by atoms with E-state index in [0.29, 0.717) is 46.3 Å². The van der Waals surface area contributed by atoms with Crippen LogP contribution in [0.25, 0.3) is 22.0 Å². The number of ketones is 1. The molecule has 3 N–H and O–H groups in total. The van der Waals surface area contributed by atoms with Gasteiger partial charge in [-0.25, -0.2) is 4.79 Å². The number of carbonyl (C=O) groups is 3. The molecule has 1 atom stereocenters. The number of aromatic carboxylic acids is 1. The fraction of sp³-hybridized carbons (Fsp3) is 0.281. The van der Waals surface area contributed by atoms with Crippen LogP contribution < -0.4 is 4.74 Å². The molecule has 208 valence electrons. The highest BCUT2D eigenvalue weighted by Crippen LogP contribution is 2.31. The summed E-state index contributed by atoms with van der Waals surface area (Å²) in [4.78, 5) is 39.8. The van der Waals surface area contributed by atoms with Crippen LogP contribution in [0, 0.1) is 6.92 Å². The molecule has 4 rings (SSSR count). The molecular weight excluding hydrogens is 510 g/mol. The highest BCUT2D eigenvalue weighted by atomic mass is 16.5. The number of carboxylic acids is 1. The molecule has 0 aliphatic carbocycles. The van der Waals surface area contributed by atoms with E-state index >= 15 is 0 Å². The van der Waals surface area contributed by atoms with E-state index in [1.165, 1.54) is 13.2 Å². The van der Waals surface area contributed by atoms with Crippen molar-refractivity contribution in [1.29, 1.82) is 0 Å². The maximum absolute atomic E-state index is 13.4. The normalized spacial score (nSPS) is 11.8. The summed E-state index contributed by atoms with van der Waals surface area (Å²) in [5.74, 6) is -0.981. The summed E-state index contributed by atoms with van der Waals surface area (Å²) >= 11 is 0. The lowest BCUT2D eigenvalue weighted by Gasteiger charge is -2.13. The average Bonchev–Trinajstić information content (AvgIpc) is 3.33. The largest absolute Gasteiger partial charge is 0.491 e. The molecule has 1 aromatic heterocycles. The number of Topliss-reactive ketones (excluding diaryl/α,β-unsaturated/α-hetero) is 1. The Kier molecular flexibility index (Phi) is 9.35. The second kappa shape index (κ2) is 13.1. The van der Waals surface area contributed by atoms with Crippen molar-refractivity contribution in [3.63, 3.8) is 0 Å². The molecule has 8 nitrogen and oxygen atoms in total. The molecule has 0 bridgehead atoms. The van der Waals surface area contributed by atoms with Crippen LogP contribution in [0.3, 0.4) is 0 Å². The predicted octanol–water partition coefficient (Wildman–Crippen LogP) is 5.74. The van der Waals surface area contributed by atoms with Crippen LogP contribution in [0.4, 0.5) is 0 Å². The first-order valence-electron chi connectivity index (χ1n) is 13.2. The number of hydrogen-bond donors (Lipinski definition) is 3. The van der Waals surface area contributed by atoms with Gasteiger partial charge in [-0.2, -0.15) is 0 Å². The lowest BCUT2D eigenvalue weighted by atomic mass is 9.95. The summed E-state index contributed by atoms with van der Waals surface area (Å²) in [7, 11) is 1.32. The van der Waals surface area contributed by atoms with Crippen molar-refractivity contribution in [2.45, 2.75) is 45.1 Å². The summed E-state index contributed by atoms with van der Waals surface area (Å²) in [5, 5.41) is 21.0. The molecule has 8 heteroatoms. The second-order valence-electron chi connectivity index (χ2n) is 9.71. The van der Waals surface area contributed by atoms with Crippen LogP contribution in [-0.2, 0) is 16.0 Å². The van der Waals surface area contributed by atoms with Gasteiger partial charge >= 0.3 is 11.9 Å². The summed E-state index contributed by atoms with van der Waals surface area (Å²) in [6.45, 7) is 1.68. The number of fused-ring (bicyclic) bond motifs is 1. The second-order valence-corrected chi connectivity index (χ2v) is 9.71. The van der Waals surface area contributed by atoms with Gasteiger partial charge in [0.25, 0.3) is 0 Å². The van der Waals surface area contributed by atoms with Gasteiger partial charge < -0.3 is 24.7 Å². The van der Waals surface area contributed by atoms with E-state index in [2.05, 4.69) is 9.72 Å². The summed E-state index contributed by atoms with van der Waals surface area (Å²) in [6, 6.07) is 20.7. The van der Waals surface area contributed by atoms with E-state index in [0.717, 1.165) is 11.1 Å². The molecule has 3 aromatic carbocycles. The van der Waals surface area contributed by atoms with Crippen molar-refractivity contribution in [2.75, 3.05) is 13.7 Å². The molecular formula is C32H33NO7. The predicted molar refractivity (Wildman–Crippen MR) is 152 cm³/mol. The Morgan fingerprint density at radius 2 is 1.57 bits per heavy atom. The number of aromatic nitrogens is 1. The number of aliphatic hydroxyl groups excluding tert-OH is 1. The highest BCUT2D eigenvalue weighted by Gasteiger charge is 2.24. The van der Waals surface area contributed by atoms with E-state index in [4.69, 9.17) is 4.74 Å². The van der Waals surface area contributed by atoms with E-state index in [1.807, 2.05) is 54.6 Å². The molecule has 1 heterocycles. The number of methoxy groups -OCH3 is 1. The molecule has 0 radical (unpaired) electrons. The number of rotatable bonds is 13. The Bertz CT molecular complexity index is 1490. The zero-order chi connectivity index (χ0) is 28.6. The van der Waals surface area contributed by atoms with Crippen molar-refractivity contribution in [2.24, 2.45) is 0 Å². The monoisotopic (exact) mass is 543 g/mol. The van der Waals surface area contributed by atoms with Gasteiger partial charge in [0.2, 0.25) is 0 Å². The van der Waals surface area contributed by atoms with Crippen LogP contribution in [0.5, 0.6) is 5.75 Å². The van der Waals surface area contributed by atoms with Gasteiger partial charge in [0.1, 0.15) is 12.4 Å². The fourth-order valence-corrected chi connectivity index (χ4v) is 4.85. The zero-order valence-electron chi connectivity index (χ0n) is 22.6. The van der Waals surface area contributed by atoms with E-state index in [-0.39, 0.29) is 43.2 Å². The van der Waals surface area contributed by atoms with Gasteiger partial charge in [-0.15, -0.1) is 0 Å². The van der Waals surface area contributed by atoms with E-state index < -0.39 is 12.1 Å². The Morgan fingerprint density at radius 3 is 2.25 bits per heavy atom. The molecule has 40 heavy (non-hydrogen) atoms. The topological polar surface area (TPSA) is 126 Å². The molecule has 0 saturated heterocycles. The van der Waals surface area contributed by atoms with Crippen molar-refractivity contribution >= 4 is 28.6 Å². The lowest BCUT2D eigenvalue weighted by molar-refractivity contribution is -0.140. The summed E-state index contributed by atoms with van der Waals surface area (Å²) < 4.78 is 10.5. The number of unbranched alkanes of at least 4 members (excludes halogenated alkanes) is 1. The number of ether oxygens (including phenoxy) is 2. The van der Waals surface area contributed by atoms with Crippen molar-refractivity contribution in [3.8, 4) is 16.9 Å². The minimum absolute atomic E-state index is 0.00612.